The van der Waals surface area contributed by atoms with E-state index >= 15 is 0 Å². The van der Waals surface area contributed by atoms with Gasteiger partial charge in [0.15, 0.2) is 0 Å². The van der Waals surface area contributed by atoms with Crippen molar-refractivity contribution < 1.29 is 19.1 Å². The lowest BCUT2D eigenvalue weighted by Gasteiger charge is -2.13. The van der Waals surface area contributed by atoms with Crippen molar-refractivity contribution in [1.29, 1.82) is 0 Å². The fourth-order valence-electron chi connectivity index (χ4n) is 3.89. The van der Waals surface area contributed by atoms with E-state index in [4.69, 9.17) is 0 Å². The maximum absolute atomic E-state index is 13.9. The second-order valence-electron chi connectivity index (χ2n) is 7.48. The van der Waals surface area contributed by atoms with Gasteiger partial charge in [-0.25, -0.2) is 9.18 Å². The second kappa shape index (κ2) is 7.63. The smallest absolute Gasteiger partial charge is 0.352 e. The zero-order valence-corrected chi connectivity index (χ0v) is 16.7. The van der Waals surface area contributed by atoms with Gasteiger partial charge in [0.25, 0.3) is 0 Å². The second-order valence-corrected chi connectivity index (χ2v) is 7.48. The van der Waals surface area contributed by atoms with E-state index < -0.39 is 5.97 Å². The number of nitrogens with zero attached hydrogens (tertiary/aromatic N) is 2. The van der Waals surface area contributed by atoms with Gasteiger partial charge in [-0.05, 0) is 34.5 Å². The summed E-state index contributed by atoms with van der Waals surface area (Å²) in [5.74, 6) is -1.62. The van der Waals surface area contributed by atoms with E-state index in [1.165, 1.54) is 17.0 Å². The van der Waals surface area contributed by atoms with Crippen LogP contribution in [-0.2, 0) is 17.8 Å². The number of carboxylic acid groups (broad SMARTS) is 1. The lowest BCUT2D eigenvalue weighted by Crippen LogP contribution is -2.24. The molecule has 3 aromatic carbocycles. The van der Waals surface area contributed by atoms with Crippen molar-refractivity contribution >= 4 is 33.6 Å². The first-order valence-corrected chi connectivity index (χ1v) is 9.57. The van der Waals surface area contributed by atoms with Crippen LogP contribution in [0.4, 0.5) is 4.39 Å². The third-order valence-electron chi connectivity index (χ3n) is 5.37. The minimum atomic E-state index is -1.10. The largest absolute Gasteiger partial charge is 0.477 e. The number of hydrogen-bond donors (Lipinski definition) is 1. The number of halogens is 1. The molecule has 152 valence electrons. The molecule has 1 amide bonds. The van der Waals surface area contributed by atoms with Crippen LogP contribution in [0.3, 0.4) is 0 Å². The Morgan fingerprint density at radius 1 is 1.00 bits per heavy atom. The topological polar surface area (TPSA) is 62.5 Å². The van der Waals surface area contributed by atoms with Gasteiger partial charge < -0.3 is 14.6 Å². The lowest BCUT2D eigenvalue weighted by atomic mass is 10.0. The Bertz CT molecular complexity index is 1290. The summed E-state index contributed by atoms with van der Waals surface area (Å²) in [6.07, 6.45) is -0.00763. The standard InChI is InChI=1S/C24H21FN2O3/c1-26(2)22(28)13-20-18-8-3-4-9-21(18)27(23(20)24(29)30)14-16-7-5-6-15-10-11-17(25)12-19(15)16/h3-12H,13-14H2,1-2H3,(H,29,30). The van der Waals surface area contributed by atoms with Crippen LogP contribution in [-0.4, -0.2) is 40.5 Å². The van der Waals surface area contributed by atoms with E-state index in [-0.39, 0.29) is 30.4 Å². The van der Waals surface area contributed by atoms with Crippen LogP contribution in [0, 0.1) is 5.82 Å². The molecule has 4 aromatic rings. The van der Waals surface area contributed by atoms with Gasteiger partial charge >= 0.3 is 5.97 Å². The number of likely N-dealkylation sites (N-methyl/N-ethyl adjacent to an activating group) is 1. The fraction of sp³-hybridized carbons (Fsp3) is 0.167. The van der Waals surface area contributed by atoms with E-state index in [1.54, 1.807) is 24.7 Å². The first-order valence-electron chi connectivity index (χ1n) is 9.57. The molecule has 6 heteroatoms. The molecule has 0 aliphatic rings. The Labute approximate surface area is 173 Å². The highest BCUT2D eigenvalue weighted by Gasteiger charge is 2.24. The van der Waals surface area contributed by atoms with E-state index in [0.717, 1.165) is 27.2 Å². The van der Waals surface area contributed by atoms with Crippen LogP contribution in [0.5, 0.6) is 0 Å². The Morgan fingerprint density at radius 2 is 1.77 bits per heavy atom. The molecular formula is C24H21FN2O3. The first kappa shape index (κ1) is 19.6. The van der Waals surface area contributed by atoms with Gasteiger partial charge in [0.05, 0.1) is 6.42 Å². The number of rotatable bonds is 5. The van der Waals surface area contributed by atoms with E-state index in [1.807, 2.05) is 42.5 Å². The van der Waals surface area contributed by atoms with Gasteiger partial charge in [-0.15, -0.1) is 0 Å². The van der Waals surface area contributed by atoms with Crippen molar-refractivity contribution in [1.82, 2.24) is 9.47 Å². The molecule has 0 unspecified atom stereocenters. The maximum Gasteiger partial charge on any atom is 0.352 e. The molecule has 5 nitrogen and oxygen atoms in total. The van der Waals surface area contributed by atoms with Crippen LogP contribution in [0.15, 0.2) is 60.7 Å². The van der Waals surface area contributed by atoms with E-state index in [2.05, 4.69) is 0 Å². The number of hydrogen-bond acceptors (Lipinski definition) is 2. The summed E-state index contributed by atoms with van der Waals surface area (Å²) in [6, 6.07) is 17.6. The molecule has 0 fully saturated rings. The molecule has 4 rings (SSSR count). The predicted molar refractivity (Wildman–Crippen MR) is 114 cm³/mol. The third-order valence-corrected chi connectivity index (χ3v) is 5.37. The Morgan fingerprint density at radius 3 is 2.50 bits per heavy atom. The van der Waals surface area contributed by atoms with Crippen molar-refractivity contribution in [3.8, 4) is 0 Å². The highest BCUT2D eigenvalue weighted by atomic mass is 19.1. The molecule has 1 aromatic heterocycles. The molecule has 0 radical (unpaired) electrons. The quantitative estimate of drug-likeness (QED) is 0.539. The van der Waals surface area contributed by atoms with Crippen LogP contribution in [0.1, 0.15) is 21.6 Å². The Kier molecular flexibility index (Phi) is 4.99. The number of carbonyl (C=O) groups is 2. The van der Waals surface area contributed by atoms with Gasteiger partial charge in [-0.2, -0.15) is 0 Å². The molecule has 0 spiro atoms. The predicted octanol–water partition coefficient (Wildman–Crippen LogP) is 4.31. The summed E-state index contributed by atoms with van der Waals surface area (Å²) in [4.78, 5) is 26.1. The molecule has 0 saturated heterocycles. The Balaban J connectivity index is 1.94. The van der Waals surface area contributed by atoms with Crippen LogP contribution in [0.25, 0.3) is 21.7 Å². The average molecular weight is 404 g/mol. The average Bonchev–Trinajstić information content (AvgIpc) is 3.02. The maximum atomic E-state index is 13.9. The summed E-state index contributed by atoms with van der Waals surface area (Å²) in [5, 5.41) is 12.4. The zero-order chi connectivity index (χ0) is 21.4. The number of aromatic carboxylic acids is 1. The van der Waals surface area contributed by atoms with Crippen LogP contribution < -0.4 is 0 Å². The highest BCUT2D eigenvalue weighted by Crippen LogP contribution is 2.30. The van der Waals surface area contributed by atoms with Gasteiger partial charge in [0.1, 0.15) is 11.5 Å². The molecule has 1 N–H and O–H groups in total. The number of aromatic nitrogens is 1. The number of fused-ring (bicyclic) bond motifs is 2. The van der Waals surface area contributed by atoms with Crippen molar-refractivity contribution in [2.45, 2.75) is 13.0 Å². The zero-order valence-electron chi connectivity index (χ0n) is 16.7. The fourth-order valence-corrected chi connectivity index (χ4v) is 3.89. The molecular weight excluding hydrogens is 383 g/mol. The Hall–Kier alpha value is -3.67. The van der Waals surface area contributed by atoms with Gasteiger partial charge in [-0.1, -0.05) is 42.5 Å². The minimum Gasteiger partial charge on any atom is -0.477 e. The monoisotopic (exact) mass is 404 g/mol. The summed E-state index contributed by atoms with van der Waals surface area (Å²) < 4.78 is 15.6. The number of amides is 1. The van der Waals surface area contributed by atoms with Gasteiger partial charge in [0.2, 0.25) is 5.91 Å². The highest BCUT2D eigenvalue weighted by molar-refractivity contribution is 6.01. The van der Waals surface area contributed by atoms with Crippen molar-refractivity contribution in [2.24, 2.45) is 0 Å². The number of carbonyl (C=O) groups excluding carboxylic acids is 1. The molecule has 0 bridgehead atoms. The normalized spacial score (nSPS) is 11.2. The van der Waals surface area contributed by atoms with Crippen molar-refractivity contribution in [2.75, 3.05) is 14.1 Å². The van der Waals surface area contributed by atoms with Crippen LogP contribution in [0.2, 0.25) is 0 Å². The SMILES string of the molecule is CN(C)C(=O)Cc1c(C(=O)O)n(Cc2cccc3ccc(F)cc23)c2ccccc12. The third kappa shape index (κ3) is 3.41. The molecule has 30 heavy (non-hydrogen) atoms. The minimum absolute atomic E-state index is 0.00763. The summed E-state index contributed by atoms with van der Waals surface area (Å²) in [5.41, 5.74) is 2.11. The molecule has 0 atom stereocenters. The van der Waals surface area contributed by atoms with E-state index in [0.29, 0.717) is 5.56 Å². The van der Waals surface area contributed by atoms with Gasteiger partial charge in [0, 0.05) is 37.1 Å². The molecule has 0 aliphatic heterocycles. The summed E-state index contributed by atoms with van der Waals surface area (Å²) >= 11 is 0. The first-order chi connectivity index (χ1) is 14.4. The van der Waals surface area contributed by atoms with Crippen molar-refractivity contribution in [3.63, 3.8) is 0 Å². The summed E-state index contributed by atoms with van der Waals surface area (Å²) in [6.45, 7) is 0.249. The van der Waals surface area contributed by atoms with Gasteiger partial charge in [-0.3, -0.25) is 4.79 Å². The molecule has 1 heterocycles. The van der Waals surface area contributed by atoms with Crippen LogP contribution >= 0.6 is 0 Å². The van der Waals surface area contributed by atoms with E-state index in [9.17, 15) is 19.1 Å². The number of benzene rings is 3. The number of carboxylic acids is 1. The lowest BCUT2D eigenvalue weighted by molar-refractivity contribution is -0.127. The molecule has 0 aliphatic carbocycles. The molecule has 0 saturated carbocycles. The van der Waals surface area contributed by atoms with Crippen molar-refractivity contribution in [3.05, 3.63) is 83.3 Å². The number of para-hydroxylation sites is 1. The summed E-state index contributed by atoms with van der Waals surface area (Å²) in [7, 11) is 3.29.